The van der Waals surface area contributed by atoms with Gasteiger partial charge in [0.2, 0.25) is 0 Å². The molecular weight excluding hydrogens is 377 g/mol. The summed E-state index contributed by atoms with van der Waals surface area (Å²) in [5, 5.41) is 6.73. The lowest BCUT2D eigenvalue weighted by atomic mass is 10.2. The summed E-state index contributed by atoms with van der Waals surface area (Å²) in [5.41, 5.74) is 2.23. The first kappa shape index (κ1) is 18.0. The number of rotatable bonds is 3. The lowest BCUT2D eigenvalue weighted by Gasteiger charge is -2.22. The largest absolute Gasteiger partial charge is 0.370 e. The van der Waals surface area contributed by atoms with Gasteiger partial charge in [-0.05, 0) is 55.4 Å². The number of hydrogen-bond donors (Lipinski definition) is 2. The number of carbonyl (C=O) groups is 1. The van der Waals surface area contributed by atoms with E-state index in [1.165, 1.54) is 18.9 Å². The van der Waals surface area contributed by atoms with Gasteiger partial charge in [0.15, 0.2) is 5.11 Å². The van der Waals surface area contributed by atoms with Gasteiger partial charge in [0.25, 0.3) is 5.91 Å². The van der Waals surface area contributed by atoms with Crippen LogP contribution in [0.1, 0.15) is 23.2 Å². The maximum absolute atomic E-state index is 12.4. The molecule has 2 aromatic carbocycles. The van der Waals surface area contributed by atoms with Crippen LogP contribution in [0, 0.1) is 0 Å². The minimum absolute atomic E-state index is 0.215. The molecule has 25 heavy (non-hydrogen) atoms. The third-order valence-electron chi connectivity index (χ3n) is 4.00. The van der Waals surface area contributed by atoms with Gasteiger partial charge in [-0.2, -0.15) is 0 Å². The molecule has 0 unspecified atom stereocenters. The molecule has 1 heterocycles. The molecule has 0 saturated carbocycles. The summed E-state index contributed by atoms with van der Waals surface area (Å²) < 4.78 is 0. The van der Waals surface area contributed by atoms with E-state index in [-0.39, 0.29) is 10.7 Å². The average Bonchev–Trinajstić information content (AvgIpc) is 3.11. The number of hydrogen-bond acceptors (Lipinski definition) is 3. The van der Waals surface area contributed by atoms with Crippen LogP contribution in [0.2, 0.25) is 10.0 Å². The van der Waals surface area contributed by atoms with Crippen molar-refractivity contribution in [3.63, 3.8) is 0 Å². The topological polar surface area (TPSA) is 44.4 Å². The van der Waals surface area contributed by atoms with Crippen LogP contribution in [-0.2, 0) is 0 Å². The number of thiocarbonyl (C=S) groups is 1. The number of benzene rings is 2. The fourth-order valence-corrected chi connectivity index (χ4v) is 3.39. The van der Waals surface area contributed by atoms with E-state index in [1.54, 1.807) is 12.1 Å². The highest BCUT2D eigenvalue weighted by Gasteiger charge is 2.17. The molecule has 0 aromatic heterocycles. The average molecular weight is 394 g/mol. The van der Waals surface area contributed by atoms with Gasteiger partial charge >= 0.3 is 0 Å². The van der Waals surface area contributed by atoms with Crippen LogP contribution in [0.4, 0.5) is 11.4 Å². The first-order valence-corrected chi connectivity index (χ1v) is 9.12. The fourth-order valence-electron chi connectivity index (χ4n) is 2.81. The summed E-state index contributed by atoms with van der Waals surface area (Å²) in [6, 6.07) is 12.6. The Morgan fingerprint density at radius 3 is 2.56 bits per heavy atom. The van der Waals surface area contributed by atoms with Crippen molar-refractivity contribution in [1.82, 2.24) is 5.32 Å². The molecule has 1 aliphatic heterocycles. The Bertz CT molecular complexity index is 807. The highest BCUT2D eigenvalue weighted by atomic mass is 35.5. The van der Waals surface area contributed by atoms with Crippen molar-refractivity contribution < 1.29 is 4.79 Å². The van der Waals surface area contributed by atoms with Crippen molar-refractivity contribution in [3.8, 4) is 0 Å². The van der Waals surface area contributed by atoms with Crippen LogP contribution >= 0.6 is 35.4 Å². The molecule has 130 valence electrons. The summed E-state index contributed by atoms with van der Waals surface area (Å²) in [7, 11) is 0. The summed E-state index contributed by atoms with van der Waals surface area (Å²) >= 11 is 17.3. The highest BCUT2D eigenvalue weighted by Crippen LogP contribution is 2.28. The zero-order valence-corrected chi connectivity index (χ0v) is 15.7. The van der Waals surface area contributed by atoms with Crippen molar-refractivity contribution in [1.29, 1.82) is 0 Å². The molecule has 1 saturated heterocycles. The van der Waals surface area contributed by atoms with Gasteiger partial charge in [0.05, 0.1) is 22.0 Å². The molecule has 1 aliphatic rings. The number of para-hydroxylation sites is 2. The third kappa shape index (κ3) is 4.42. The van der Waals surface area contributed by atoms with Crippen molar-refractivity contribution in [2.24, 2.45) is 0 Å². The van der Waals surface area contributed by atoms with E-state index in [4.69, 9.17) is 35.4 Å². The van der Waals surface area contributed by atoms with E-state index in [0.29, 0.717) is 10.0 Å². The molecule has 3 rings (SSSR count). The fraction of sp³-hybridized carbons (Fsp3) is 0.222. The summed E-state index contributed by atoms with van der Waals surface area (Å²) in [4.78, 5) is 14.7. The van der Waals surface area contributed by atoms with Crippen LogP contribution in [0.5, 0.6) is 0 Å². The second-order valence-corrected chi connectivity index (χ2v) is 7.00. The molecule has 1 amide bonds. The van der Waals surface area contributed by atoms with Gasteiger partial charge in [-0.25, -0.2) is 0 Å². The number of nitrogens with zero attached hydrogens (tertiary/aromatic N) is 1. The predicted octanol–water partition coefficient (Wildman–Crippen LogP) is 4.72. The zero-order valence-electron chi connectivity index (χ0n) is 13.4. The normalized spacial score (nSPS) is 13.6. The van der Waals surface area contributed by atoms with Gasteiger partial charge in [-0.3, -0.25) is 10.1 Å². The molecule has 7 heteroatoms. The molecular formula is C18H17Cl2N3OS. The number of amides is 1. The van der Waals surface area contributed by atoms with Gasteiger partial charge < -0.3 is 10.2 Å². The van der Waals surface area contributed by atoms with E-state index in [9.17, 15) is 4.79 Å². The molecule has 0 spiro atoms. The van der Waals surface area contributed by atoms with E-state index in [0.717, 1.165) is 24.5 Å². The number of carbonyl (C=O) groups excluding carboxylic acids is 1. The molecule has 1 fully saturated rings. The van der Waals surface area contributed by atoms with Crippen LogP contribution in [0.25, 0.3) is 0 Å². The smallest absolute Gasteiger partial charge is 0.258 e. The Morgan fingerprint density at radius 2 is 1.80 bits per heavy atom. The Labute approximate surface area is 162 Å². The highest BCUT2D eigenvalue weighted by molar-refractivity contribution is 7.80. The molecule has 2 N–H and O–H groups in total. The van der Waals surface area contributed by atoms with E-state index >= 15 is 0 Å². The lowest BCUT2D eigenvalue weighted by Crippen LogP contribution is -2.34. The number of halogens is 2. The first-order valence-electron chi connectivity index (χ1n) is 7.96. The summed E-state index contributed by atoms with van der Waals surface area (Å²) in [5.74, 6) is -0.399. The van der Waals surface area contributed by atoms with Crippen molar-refractivity contribution in [2.45, 2.75) is 12.8 Å². The standard InChI is InChI=1S/C18H17Cl2N3OS/c19-12-7-8-14(20)13(11-12)17(24)22-18(25)21-15-5-1-2-6-16(15)23-9-3-4-10-23/h1-2,5-8,11H,3-4,9-10H2,(H2,21,22,24,25). The minimum atomic E-state index is -0.399. The maximum Gasteiger partial charge on any atom is 0.258 e. The first-order chi connectivity index (χ1) is 12.0. The molecule has 0 aliphatic carbocycles. The van der Waals surface area contributed by atoms with E-state index < -0.39 is 5.91 Å². The van der Waals surface area contributed by atoms with Gasteiger partial charge in [0.1, 0.15) is 0 Å². The second-order valence-electron chi connectivity index (χ2n) is 5.74. The Kier molecular flexibility index (Phi) is 5.78. The minimum Gasteiger partial charge on any atom is -0.370 e. The maximum atomic E-state index is 12.4. The monoisotopic (exact) mass is 393 g/mol. The van der Waals surface area contributed by atoms with Crippen molar-refractivity contribution in [2.75, 3.05) is 23.3 Å². The molecule has 0 atom stereocenters. The van der Waals surface area contributed by atoms with Crippen LogP contribution < -0.4 is 15.5 Å². The lowest BCUT2D eigenvalue weighted by molar-refractivity contribution is 0.0978. The summed E-state index contributed by atoms with van der Waals surface area (Å²) in [6.45, 7) is 2.05. The zero-order chi connectivity index (χ0) is 17.8. The quantitative estimate of drug-likeness (QED) is 0.740. The summed E-state index contributed by atoms with van der Waals surface area (Å²) in [6.07, 6.45) is 2.37. The van der Waals surface area contributed by atoms with Crippen LogP contribution in [0.3, 0.4) is 0 Å². The van der Waals surface area contributed by atoms with Crippen LogP contribution in [-0.4, -0.2) is 24.1 Å². The van der Waals surface area contributed by atoms with Crippen molar-refractivity contribution in [3.05, 3.63) is 58.1 Å². The number of nitrogens with one attached hydrogen (secondary N) is 2. The Hall–Kier alpha value is -1.82. The SMILES string of the molecule is O=C(NC(=S)Nc1ccccc1N1CCCC1)c1cc(Cl)ccc1Cl. The molecule has 0 radical (unpaired) electrons. The molecule has 0 bridgehead atoms. The van der Waals surface area contributed by atoms with Gasteiger partial charge in [-0.1, -0.05) is 35.3 Å². The van der Waals surface area contributed by atoms with Crippen molar-refractivity contribution >= 4 is 57.8 Å². The molecule has 4 nitrogen and oxygen atoms in total. The predicted molar refractivity (Wildman–Crippen MR) is 108 cm³/mol. The van der Waals surface area contributed by atoms with Gasteiger partial charge in [0, 0.05) is 18.1 Å². The molecule has 2 aromatic rings. The Balaban J connectivity index is 1.71. The third-order valence-corrected chi connectivity index (χ3v) is 4.77. The van der Waals surface area contributed by atoms with Gasteiger partial charge in [-0.15, -0.1) is 0 Å². The number of anilines is 2. The Morgan fingerprint density at radius 1 is 1.08 bits per heavy atom. The van der Waals surface area contributed by atoms with Crippen LogP contribution in [0.15, 0.2) is 42.5 Å². The van der Waals surface area contributed by atoms with E-state index in [1.807, 2.05) is 24.3 Å². The second kappa shape index (κ2) is 8.04. The van der Waals surface area contributed by atoms with E-state index in [2.05, 4.69) is 15.5 Å².